The van der Waals surface area contributed by atoms with Crippen molar-refractivity contribution in [1.29, 1.82) is 0 Å². The number of methoxy groups -OCH3 is 1. The molecule has 0 saturated heterocycles. The molecule has 0 amide bonds. The minimum absolute atomic E-state index is 0.236. The highest BCUT2D eigenvalue weighted by molar-refractivity contribution is 5.95. The normalized spacial score (nSPS) is 10.7. The van der Waals surface area contributed by atoms with E-state index in [0.29, 0.717) is 12.3 Å². The first-order valence-electron chi connectivity index (χ1n) is 5.34. The average Bonchev–Trinajstić information content (AvgIpc) is 2.68. The highest BCUT2D eigenvalue weighted by atomic mass is 16.6. The fraction of sp³-hybridized carbons (Fsp3) is 0.333. The molecule has 17 heavy (non-hydrogen) atoms. The topological polar surface area (TPSA) is 52.8 Å². The van der Waals surface area contributed by atoms with E-state index >= 15 is 0 Å². The van der Waals surface area contributed by atoms with E-state index in [9.17, 15) is 4.79 Å². The smallest absolute Gasteiger partial charge is 0.359 e. The van der Waals surface area contributed by atoms with Crippen LogP contribution in [0.15, 0.2) is 24.4 Å². The van der Waals surface area contributed by atoms with E-state index < -0.39 is 5.97 Å². The second-order valence-corrected chi connectivity index (χ2v) is 3.59. The number of hydrogen-bond donors (Lipinski definition) is 0. The molecule has 0 N–H and O–H groups in total. The quantitative estimate of drug-likeness (QED) is 0.593. The lowest BCUT2D eigenvalue weighted by atomic mass is 10.3. The molecule has 0 saturated carbocycles. The van der Waals surface area contributed by atoms with Crippen LogP contribution < -0.4 is 0 Å². The molecule has 5 heteroatoms. The summed E-state index contributed by atoms with van der Waals surface area (Å²) in [5.41, 5.74) is 1.10. The molecule has 0 aliphatic rings. The average molecular weight is 234 g/mol. The number of aryl methyl sites for hydroxylation is 1. The van der Waals surface area contributed by atoms with E-state index in [1.807, 2.05) is 35.7 Å². The maximum absolute atomic E-state index is 11.8. The van der Waals surface area contributed by atoms with Gasteiger partial charge in [0.15, 0.2) is 5.69 Å². The Morgan fingerprint density at radius 3 is 3.00 bits per heavy atom. The number of hydrogen-bond acceptors (Lipinski definition) is 4. The molecule has 0 atom stereocenters. The lowest BCUT2D eigenvalue weighted by Gasteiger charge is -2.01. The van der Waals surface area contributed by atoms with E-state index in [-0.39, 0.29) is 6.61 Å². The van der Waals surface area contributed by atoms with Crippen LogP contribution in [0.5, 0.6) is 0 Å². The second-order valence-electron chi connectivity index (χ2n) is 3.59. The monoisotopic (exact) mass is 234 g/mol. The minimum atomic E-state index is -0.418. The Morgan fingerprint density at radius 1 is 1.41 bits per heavy atom. The number of rotatable bonds is 4. The van der Waals surface area contributed by atoms with Crippen LogP contribution in [0.1, 0.15) is 16.3 Å². The highest BCUT2D eigenvalue weighted by Gasteiger charge is 2.16. The van der Waals surface area contributed by atoms with Gasteiger partial charge in [0.2, 0.25) is 0 Å². The first-order valence-corrected chi connectivity index (χ1v) is 5.34. The predicted octanol–water partition coefficient (Wildman–Crippen LogP) is 1.45. The number of carbonyl (C=O) groups is 1. The van der Waals surface area contributed by atoms with E-state index in [4.69, 9.17) is 9.47 Å². The zero-order valence-electron chi connectivity index (χ0n) is 9.84. The standard InChI is InChI=1S/C12H14N2O3/c1-9-13-11(12(15)17-8-7-16-2)10-5-3-4-6-14(9)10/h3-6H,7-8H2,1-2H3. The fourth-order valence-electron chi connectivity index (χ4n) is 1.63. The van der Waals surface area contributed by atoms with Crippen molar-refractivity contribution in [2.24, 2.45) is 0 Å². The Kier molecular flexibility index (Phi) is 3.39. The summed E-state index contributed by atoms with van der Waals surface area (Å²) in [5, 5.41) is 0. The lowest BCUT2D eigenvalue weighted by molar-refractivity contribution is 0.0384. The van der Waals surface area contributed by atoms with Crippen molar-refractivity contribution < 1.29 is 14.3 Å². The van der Waals surface area contributed by atoms with Gasteiger partial charge in [-0.2, -0.15) is 0 Å². The molecule has 0 unspecified atom stereocenters. The lowest BCUT2D eigenvalue weighted by Crippen LogP contribution is -2.10. The molecule has 2 heterocycles. The number of carbonyl (C=O) groups excluding carboxylic acids is 1. The summed E-state index contributed by atoms with van der Waals surface area (Å²) in [6.45, 7) is 2.47. The van der Waals surface area contributed by atoms with E-state index in [1.165, 1.54) is 0 Å². The molecular formula is C12H14N2O3. The maximum Gasteiger partial charge on any atom is 0.359 e. The molecule has 0 aromatic carbocycles. The summed E-state index contributed by atoms with van der Waals surface area (Å²) in [7, 11) is 1.56. The van der Waals surface area contributed by atoms with Crippen LogP contribution in [0.25, 0.3) is 5.52 Å². The van der Waals surface area contributed by atoms with Crippen molar-refractivity contribution in [2.45, 2.75) is 6.92 Å². The molecule has 90 valence electrons. The summed E-state index contributed by atoms with van der Waals surface area (Å²) < 4.78 is 11.7. The number of pyridine rings is 1. The van der Waals surface area contributed by atoms with Gasteiger partial charge in [0.05, 0.1) is 12.1 Å². The molecule has 2 rings (SSSR count). The third-order valence-corrected chi connectivity index (χ3v) is 2.44. The van der Waals surface area contributed by atoms with E-state index in [2.05, 4.69) is 4.98 Å². The molecule has 0 fully saturated rings. The first-order chi connectivity index (χ1) is 8.24. The van der Waals surface area contributed by atoms with Crippen LogP contribution in [0.3, 0.4) is 0 Å². The van der Waals surface area contributed by atoms with E-state index in [0.717, 1.165) is 11.3 Å². The Balaban J connectivity index is 2.26. The zero-order valence-corrected chi connectivity index (χ0v) is 9.84. The van der Waals surface area contributed by atoms with Crippen LogP contribution >= 0.6 is 0 Å². The van der Waals surface area contributed by atoms with Crippen LogP contribution in [-0.4, -0.2) is 35.7 Å². The third kappa shape index (κ3) is 2.29. The summed E-state index contributed by atoms with van der Waals surface area (Å²) in [6.07, 6.45) is 1.86. The second kappa shape index (κ2) is 4.97. The van der Waals surface area contributed by atoms with Crippen molar-refractivity contribution in [3.05, 3.63) is 35.9 Å². The van der Waals surface area contributed by atoms with Gasteiger partial charge >= 0.3 is 5.97 Å². The molecule has 0 aliphatic carbocycles. The van der Waals surface area contributed by atoms with Crippen molar-refractivity contribution in [3.8, 4) is 0 Å². The number of nitrogens with zero attached hydrogens (tertiary/aromatic N) is 2. The Labute approximate surface area is 99.0 Å². The molecule has 0 bridgehead atoms. The van der Waals surface area contributed by atoms with Gasteiger partial charge in [-0.05, 0) is 19.1 Å². The van der Waals surface area contributed by atoms with Gasteiger partial charge in [-0.15, -0.1) is 0 Å². The number of imidazole rings is 1. The molecule has 2 aromatic rings. The van der Waals surface area contributed by atoms with Gasteiger partial charge in [-0.25, -0.2) is 9.78 Å². The first kappa shape index (κ1) is 11.6. The fourth-order valence-corrected chi connectivity index (χ4v) is 1.63. The molecule has 0 aliphatic heterocycles. The minimum Gasteiger partial charge on any atom is -0.458 e. The zero-order chi connectivity index (χ0) is 12.3. The largest absolute Gasteiger partial charge is 0.458 e. The number of esters is 1. The van der Waals surface area contributed by atoms with Crippen LogP contribution in [0.4, 0.5) is 0 Å². The highest BCUT2D eigenvalue weighted by Crippen LogP contribution is 2.13. The van der Waals surface area contributed by atoms with Gasteiger partial charge in [-0.3, -0.25) is 0 Å². The third-order valence-electron chi connectivity index (χ3n) is 2.44. The van der Waals surface area contributed by atoms with Crippen LogP contribution in [0, 0.1) is 6.92 Å². The van der Waals surface area contributed by atoms with Gasteiger partial charge in [0, 0.05) is 13.3 Å². The van der Waals surface area contributed by atoms with Gasteiger partial charge < -0.3 is 13.9 Å². The molecule has 2 aromatic heterocycles. The summed E-state index contributed by atoms with van der Waals surface area (Å²) in [6, 6.07) is 5.59. The predicted molar refractivity (Wildman–Crippen MR) is 62.1 cm³/mol. The Bertz CT molecular complexity index is 534. The summed E-state index contributed by atoms with van der Waals surface area (Å²) in [4.78, 5) is 16.0. The molecule has 5 nitrogen and oxygen atoms in total. The van der Waals surface area contributed by atoms with Gasteiger partial charge in [0.25, 0.3) is 0 Å². The maximum atomic E-state index is 11.8. The summed E-state index contributed by atoms with van der Waals surface area (Å²) in [5.74, 6) is 0.346. The van der Waals surface area contributed by atoms with Crippen molar-refractivity contribution in [2.75, 3.05) is 20.3 Å². The number of ether oxygens (including phenoxy) is 2. The molecule has 0 spiro atoms. The SMILES string of the molecule is COCCOC(=O)c1nc(C)n2ccccc12. The summed E-state index contributed by atoms with van der Waals surface area (Å²) >= 11 is 0. The van der Waals surface area contributed by atoms with E-state index in [1.54, 1.807) is 7.11 Å². The van der Waals surface area contributed by atoms with Crippen molar-refractivity contribution >= 4 is 11.5 Å². The molecule has 0 radical (unpaired) electrons. The number of fused-ring (bicyclic) bond motifs is 1. The Hall–Kier alpha value is -1.88. The van der Waals surface area contributed by atoms with Crippen LogP contribution in [0.2, 0.25) is 0 Å². The Morgan fingerprint density at radius 2 is 2.24 bits per heavy atom. The van der Waals surface area contributed by atoms with Crippen molar-refractivity contribution in [1.82, 2.24) is 9.38 Å². The van der Waals surface area contributed by atoms with Crippen molar-refractivity contribution in [3.63, 3.8) is 0 Å². The molecular weight excluding hydrogens is 220 g/mol. The van der Waals surface area contributed by atoms with Gasteiger partial charge in [0.1, 0.15) is 12.4 Å². The number of aromatic nitrogens is 2. The van der Waals surface area contributed by atoms with Crippen LogP contribution in [-0.2, 0) is 9.47 Å². The van der Waals surface area contributed by atoms with Gasteiger partial charge in [-0.1, -0.05) is 6.07 Å².